The van der Waals surface area contributed by atoms with E-state index >= 15 is 0 Å². The lowest BCUT2D eigenvalue weighted by Gasteiger charge is -2.22. The Morgan fingerprint density at radius 2 is 1.88 bits per heavy atom. The van der Waals surface area contributed by atoms with Gasteiger partial charge in [0.15, 0.2) is 4.90 Å². The second kappa shape index (κ2) is 9.10. The number of rotatable bonds is 9. The van der Waals surface area contributed by atoms with Crippen molar-refractivity contribution in [3.05, 3.63) is 34.4 Å². The molecule has 2 rings (SSSR count). The first kappa shape index (κ1) is 18.8. The highest BCUT2D eigenvalue weighted by Gasteiger charge is 2.24. The summed E-state index contributed by atoms with van der Waals surface area (Å²) in [5, 5.41) is 14.3. The zero-order chi connectivity index (χ0) is 17.4. The second-order valence-corrected chi connectivity index (χ2v) is 7.90. The van der Waals surface area contributed by atoms with Crippen molar-refractivity contribution in [3.8, 4) is 0 Å². The lowest BCUT2D eigenvalue weighted by atomic mass is 9.92. The van der Waals surface area contributed by atoms with Crippen molar-refractivity contribution in [1.82, 2.24) is 10.0 Å². The molecule has 0 saturated carbocycles. The van der Waals surface area contributed by atoms with Gasteiger partial charge in [0.1, 0.15) is 0 Å². The lowest BCUT2D eigenvalue weighted by Crippen LogP contribution is -2.27. The van der Waals surface area contributed by atoms with Gasteiger partial charge in [0.2, 0.25) is 10.0 Å². The van der Waals surface area contributed by atoms with E-state index in [0.29, 0.717) is 6.54 Å². The molecule has 0 amide bonds. The summed E-state index contributed by atoms with van der Waals surface area (Å²) in [5.74, 6) is 0.787. The van der Waals surface area contributed by atoms with E-state index in [1.807, 2.05) is 0 Å². The molecule has 0 aromatic heterocycles. The first-order chi connectivity index (χ1) is 11.5. The van der Waals surface area contributed by atoms with E-state index in [-0.39, 0.29) is 4.90 Å². The summed E-state index contributed by atoms with van der Waals surface area (Å²) in [6.45, 7) is 2.50. The Morgan fingerprint density at radius 1 is 1.17 bits per heavy atom. The molecule has 8 heteroatoms. The predicted molar refractivity (Wildman–Crippen MR) is 92.3 cm³/mol. The summed E-state index contributed by atoms with van der Waals surface area (Å²) in [7, 11) is -3.84. The first-order valence-corrected chi connectivity index (χ1v) is 9.93. The summed E-state index contributed by atoms with van der Waals surface area (Å²) in [5.41, 5.74) is -0.393. The SMILES string of the molecule is O=[N+]([O-])c1ccccc1S(=O)(=O)NCCCCCC1CCNCC1. The number of hydrogen-bond donors (Lipinski definition) is 2. The maximum Gasteiger partial charge on any atom is 0.289 e. The van der Waals surface area contributed by atoms with Gasteiger partial charge in [-0.2, -0.15) is 0 Å². The zero-order valence-corrected chi connectivity index (χ0v) is 14.6. The van der Waals surface area contributed by atoms with Gasteiger partial charge in [0.05, 0.1) is 4.92 Å². The topological polar surface area (TPSA) is 101 Å². The van der Waals surface area contributed by atoms with Gasteiger partial charge >= 0.3 is 0 Å². The standard InChI is InChI=1S/C16H25N3O4S/c20-19(21)15-7-3-4-8-16(15)24(22,23)18-11-5-1-2-6-14-9-12-17-13-10-14/h3-4,7-8,14,17-18H,1-2,5-6,9-13H2. The zero-order valence-electron chi connectivity index (χ0n) is 13.7. The second-order valence-electron chi connectivity index (χ2n) is 6.17. The third kappa shape index (κ3) is 5.54. The largest absolute Gasteiger partial charge is 0.317 e. The van der Waals surface area contributed by atoms with Gasteiger partial charge in [-0.15, -0.1) is 0 Å². The van der Waals surface area contributed by atoms with Crippen LogP contribution in [0.25, 0.3) is 0 Å². The molecule has 1 aliphatic heterocycles. The lowest BCUT2D eigenvalue weighted by molar-refractivity contribution is -0.387. The molecule has 0 unspecified atom stereocenters. The van der Waals surface area contributed by atoms with E-state index in [9.17, 15) is 18.5 Å². The number of benzene rings is 1. The first-order valence-electron chi connectivity index (χ1n) is 8.44. The van der Waals surface area contributed by atoms with Crippen LogP contribution in [0, 0.1) is 16.0 Å². The molecule has 134 valence electrons. The number of nitrogens with one attached hydrogen (secondary N) is 2. The fourth-order valence-corrected chi connectivity index (χ4v) is 4.27. The molecule has 1 aromatic carbocycles. The Bertz CT molecular complexity index is 642. The van der Waals surface area contributed by atoms with E-state index in [4.69, 9.17) is 0 Å². The molecule has 0 radical (unpaired) electrons. The average molecular weight is 355 g/mol. The van der Waals surface area contributed by atoms with Crippen molar-refractivity contribution in [2.24, 2.45) is 5.92 Å². The minimum absolute atomic E-state index is 0.273. The number of sulfonamides is 1. The van der Waals surface area contributed by atoms with E-state index in [1.165, 1.54) is 43.5 Å². The molecule has 0 aliphatic carbocycles. The molecule has 7 nitrogen and oxygen atoms in total. The molecular formula is C16H25N3O4S. The Labute approximate surface area is 143 Å². The minimum atomic E-state index is -3.84. The van der Waals surface area contributed by atoms with Gasteiger partial charge in [-0.3, -0.25) is 10.1 Å². The smallest absolute Gasteiger partial charge is 0.289 e. The Kier molecular flexibility index (Phi) is 7.14. The fraction of sp³-hybridized carbons (Fsp3) is 0.625. The Hall–Kier alpha value is -1.51. The minimum Gasteiger partial charge on any atom is -0.317 e. The number of nitro benzene ring substituents is 1. The van der Waals surface area contributed by atoms with Gasteiger partial charge in [-0.25, -0.2) is 13.1 Å². The van der Waals surface area contributed by atoms with Gasteiger partial charge in [0, 0.05) is 12.6 Å². The molecule has 1 aliphatic rings. The number of hydrogen-bond acceptors (Lipinski definition) is 5. The van der Waals surface area contributed by atoms with E-state index in [0.717, 1.165) is 38.3 Å². The molecule has 2 N–H and O–H groups in total. The molecule has 1 aromatic rings. The van der Waals surface area contributed by atoms with Crippen molar-refractivity contribution in [1.29, 1.82) is 0 Å². The molecule has 0 bridgehead atoms. The van der Waals surface area contributed by atoms with Gasteiger partial charge < -0.3 is 5.32 Å². The number of nitrogens with zero attached hydrogens (tertiary/aromatic N) is 1. The van der Waals surface area contributed by atoms with Crippen molar-refractivity contribution in [2.45, 2.75) is 43.4 Å². The molecule has 0 spiro atoms. The highest BCUT2D eigenvalue weighted by atomic mass is 32.2. The van der Waals surface area contributed by atoms with Crippen LogP contribution in [0.3, 0.4) is 0 Å². The highest BCUT2D eigenvalue weighted by Crippen LogP contribution is 2.23. The number of para-hydroxylation sites is 1. The van der Waals surface area contributed by atoms with Crippen LogP contribution >= 0.6 is 0 Å². The van der Waals surface area contributed by atoms with Crippen LogP contribution < -0.4 is 10.0 Å². The average Bonchev–Trinajstić information content (AvgIpc) is 2.59. The summed E-state index contributed by atoms with van der Waals surface area (Å²) in [6, 6.07) is 5.41. The van der Waals surface area contributed by atoms with Crippen LogP contribution in [-0.4, -0.2) is 33.0 Å². The van der Waals surface area contributed by atoms with Gasteiger partial charge in [-0.1, -0.05) is 31.4 Å². The molecule has 1 saturated heterocycles. The van der Waals surface area contributed by atoms with Crippen LogP contribution in [0.1, 0.15) is 38.5 Å². The number of unbranched alkanes of at least 4 members (excludes halogenated alkanes) is 2. The van der Waals surface area contributed by atoms with E-state index in [2.05, 4.69) is 10.0 Å². The fourth-order valence-electron chi connectivity index (χ4n) is 3.02. The van der Waals surface area contributed by atoms with Crippen LogP contribution in [-0.2, 0) is 10.0 Å². The molecule has 24 heavy (non-hydrogen) atoms. The maximum absolute atomic E-state index is 12.2. The molecule has 1 fully saturated rings. The summed E-state index contributed by atoms with van der Waals surface area (Å²) < 4.78 is 26.9. The third-order valence-electron chi connectivity index (χ3n) is 4.39. The summed E-state index contributed by atoms with van der Waals surface area (Å²) >= 11 is 0. The van der Waals surface area contributed by atoms with Crippen molar-refractivity contribution >= 4 is 15.7 Å². The normalized spacial score (nSPS) is 16.2. The van der Waals surface area contributed by atoms with Crippen molar-refractivity contribution < 1.29 is 13.3 Å². The quantitative estimate of drug-likeness (QED) is 0.402. The van der Waals surface area contributed by atoms with Crippen LogP contribution in [0.15, 0.2) is 29.2 Å². The predicted octanol–water partition coefficient (Wildman–Crippen LogP) is 2.43. The van der Waals surface area contributed by atoms with Crippen molar-refractivity contribution in [2.75, 3.05) is 19.6 Å². The molecule has 0 atom stereocenters. The number of nitro groups is 1. The monoisotopic (exact) mass is 355 g/mol. The molecular weight excluding hydrogens is 330 g/mol. The Balaban J connectivity index is 1.74. The van der Waals surface area contributed by atoms with Crippen LogP contribution in [0.5, 0.6) is 0 Å². The summed E-state index contributed by atoms with van der Waals surface area (Å²) in [4.78, 5) is 10.00. The third-order valence-corrected chi connectivity index (χ3v) is 5.90. The molecule has 1 heterocycles. The number of piperidine rings is 1. The van der Waals surface area contributed by atoms with Crippen molar-refractivity contribution in [3.63, 3.8) is 0 Å². The maximum atomic E-state index is 12.2. The van der Waals surface area contributed by atoms with E-state index in [1.54, 1.807) is 0 Å². The highest BCUT2D eigenvalue weighted by molar-refractivity contribution is 7.89. The van der Waals surface area contributed by atoms with E-state index < -0.39 is 20.6 Å². The van der Waals surface area contributed by atoms with Crippen LogP contribution in [0.4, 0.5) is 5.69 Å². The van der Waals surface area contributed by atoms with Crippen LogP contribution in [0.2, 0.25) is 0 Å². The van der Waals surface area contributed by atoms with Gasteiger partial charge in [0.25, 0.3) is 5.69 Å². The summed E-state index contributed by atoms with van der Waals surface area (Å²) in [6.07, 6.45) is 6.44. The Morgan fingerprint density at radius 3 is 2.58 bits per heavy atom. The van der Waals surface area contributed by atoms with Gasteiger partial charge in [-0.05, 0) is 44.3 Å².